The molecule has 0 saturated heterocycles. The third kappa shape index (κ3) is 3.46. The fourth-order valence-corrected chi connectivity index (χ4v) is 5.47. The van der Waals surface area contributed by atoms with Crippen molar-refractivity contribution >= 4 is 22.1 Å². The van der Waals surface area contributed by atoms with Gasteiger partial charge in [-0.3, -0.25) is 0 Å². The summed E-state index contributed by atoms with van der Waals surface area (Å²) in [5.41, 5.74) is 11.1. The van der Waals surface area contributed by atoms with Crippen LogP contribution in [0.4, 0.5) is 0 Å². The Hall–Kier alpha value is -2.88. The van der Waals surface area contributed by atoms with Crippen molar-refractivity contribution in [3.8, 4) is 11.1 Å². The van der Waals surface area contributed by atoms with Gasteiger partial charge in [0.15, 0.2) is 0 Å². The summed E-state index contributed by atoms with van der Waals surface area (Å²) in [6.07, 6.45) is 9.17. The SMILES string of the molecule is CCC1CCc2nc3cc(-c4ccc5nc6c(nc5c4)CCC(CC)C6)ccc3nc2C1. The molecule has 2 unspecified atom stereocenters. The van der Waals surface area contributed by atoms with E-state index in [1.54, 1.807) is 0 Å². The fraction of sp³-hybridized carbons (Fsp3) is 0.429. The highest BCUT2D eigenvalue weighted by Gasteiger charge is 2.22. The molecule has 32 heavy (non-hydrogen) atoms. The van der Waals surface area contributed by atoms with E-state index in [2.05, 4.69) is 50.2 Å². The van der Waals surface area contributed by atoms with Crippen LogP contribution in [-0.2, 0) is 25.7 Å². The number of hydrogen-bond donors (Lipinski definition) is 0. The molecule has 2 aromatic carbocycles. The molecule has 0 fully saturated rings. The van der Waals surface area contributed by atoms with Gasteiger partial charge < -0.3 is 0 Å². The molecule has 2 aromatic heterocycles. The molecule has 4 nitrogen and oxygen atoms in total. The Bertz CT molecular complexity index is 1220. The van der Waals surface area contributed by atoms with Crippen LogP contribution >= 0.6 is 0 Å². The number of benzene rings is 2. The molecule has 6 rings (SSSR count). The van der Waals surface area contributed by atoms with Gasteiger partial charge >= 0.3 is 0 Å². The van der Waals surface area contributed by atoms with Crippen LogP contribution in [0.1, 0.15) is 62.3 Å². The van der Waals surface area contributed by atoms with Gasteiger partial charge in [-0.05, 0) is 85.8 Å². The van der Waals surface area contributed by atoms with Crippen molar-refractivity contribution in [2.45, 2.75) is 65.2 Å². The van der Waals surface area contributed by atoms with Crippen molar-refractivity contribution in [1.82, 2.24) is 19.9 Å². The van der Waals surface area contributed by atoms with E-state index in [4.69, 9.17) is 19.9 Å². The Labute approximate surface area is 189 Å². The zero-order valence-corrected chi connectivity index (χ0v) is 19.1. The van der Waals surface area contributed by atoms with Crippen molar-refractivity contribution in [2.24, 2.45) is 11.8 Å². The average Bonchev–Trinajstić information content (AvgIpc) is 2.84. The molecule has 2 heterocycles. The third-order valence-electron chi connectivity index (χ3n) is 7.67. The maximum Gasteiger partial charge on any atom is 0.0896 e. The van der Waals surface area contributed by atoms with Crippen molar-refractivity contribution < 1.29 is 0 Å². The van der Waals surface area contributed by atoms with Gasteiger partial charge in [-0.1, -0.05) is 38.8 Å². The minimum absolute atomic E-state index is 0.755. The minimum atomic E-state index is 0.755. The summed E-state index contributed by atoms with van der Waals surface area (Å²) in [5.74, 6) is 1.51. The summed E-state index contributed by atoms with van der Waals surface area (Å²) in [7, 11) is 0. The summed E-state index contributed by atoms with van der Waals surface area (Å²) in [4.78, 5) is 20.0. The molecule has 0 saturated carbocycles. The molecule has 2 aliphatic carbocycles. The van der Waals surface area contributed by atoms with Crippen molar-refractivity contribution in [3.63, 3.8) is 0 Å². The molecule has 0 radical (unpaired) electrons. The lowest BCUT2D eigenvalue weighted by atomic mass is 9.87. The molecule has 2 atom stereocenters. The molecule has 0 spiro atoms. The van der Waals surface area contributed by atoms with E-state index in [1.165, 1.54) is 59.6 Å². The second-order valence-electron chi connectivity index (χ2n) is 9.68. The van der Waals surface area contributed by atoms with Gasteiger partial charge in [-0.15, -0.1) is 0 Å². The van der Waals surface area contributed by atoms with Crippen LogP contribution < -0.4 is 0 Å². The van der Waals surface area contributed by atoms with E-state index < -0.39 is 0 Å². The van der Waals surface area contributed by atoms with Crippen LogP contribution in [0, 0.1) is 11.8 Å². The Morgan fingerprint density at radius 2 is 1.03 bits per heavy atom. The number of rotatable bonds is 3. The van der Waals surface area contributed by atoms with Crippen molar-refractivity contribution in [2.75, 3.05) is 0 Å². The maximum atomic E-state index is 5.02. The van der Waals surface area contributed by atoms with Crippen molar-refractivity contribution in [3.05, 3.63) is 59.2 Å². The molecule has 4 heteroatoms. The number of aryl methyl sites for hydroxylation is 2. The first kappa shape index (κ1) is 19.8. The molecule has 162 valence electrons. The van der Waals surface area contributed by atoms with Gasteiger partial charge in [0.1, 0.15) is 0 Å². The molecule has 0 N–H and O–H groups in total. The average molecular weight is 423 g/mol. The summed E-state index contributed by atoms with van der Waals surface area (Å²) in [6, 6.07) is 13.0. The summed E-state index contributed by atoms with van der Waals surface area (Å²) in [5, 5.41) is 0. The third-order valence-corrected chi connectivity index (χ3v) is 7.67. The van der Waals surface area contributed by atoms with Gasteiger partial charge in [-0.2, -0.15) is 0 Å². The molecule has 0 bridgehead atoms. The molecule has 0 amide bonds. The normalized spacial score (nSPS) is 20.3. The second-order valence-corrected chi connectivity index (χ2v) is 9.68. The summed E-state index contributed by atoms with van der Waals surface area (Å²) < 4.78 is 0. The van der Waals surface area contributed by atoms with Gasteiger partial charge in [0, 0.05) is 0 Å². The highest BCUT2D eigenvalue weighted by atomic mass is 14.8. The summed E-state index contributed by atoms with van der Waals surface area (Å²) in [6.45, 7) is 4.56. The van der Waals surface area contributed by atoms with Crippen LogP contribution in [0.5, 0.6) is 0 Å². The first-order valence-corrected chi connectivity index (χ1v) is 12.3. The fourth-order valence-electron chi connectivity index (χ4n) is 5.47. The van der Waals surface area contributed by atoms with E-state index in [0.717, 1.165) is 59.6 Å². The summed E-state index contributed by atoms with van der Waals surface area (Å²) >= 11 is 0. The molecular formula is C28H30N4. The molecule has 0 aliphatic heterocycles. The standard InChI is InChI=1S/C28H30N4/c1-3-17-5-9-21-25(13-17)29-23-11-7-19(15-27(23)31-21)20-8-12-24-28(16-20)32-22-10-6-18(4-2)14-26(22)30-24/h7-8,11-12,15-18H,3-6,9-10,13-14H2,1-2H3. The minimum Gasteiger partial charge on any atom is -0.249 e. The van der Waals surface area contributed by atoms with Gasteiger partial charge in [-0.25, -0.2) is 19.9 Å². The Morgan fingerprint density at radius 1 is 0.594 bits per heavy atom. The van der Waals surface area contributed by atoms with Gasteiger partial charge in [0.2, 0.25) is 0 Å². The topological polar surface area (TPSA) is 51.6 Å². The van der Waals surface area contributed by atoms with E-state index in [-0.39, 0.29) is 0 Å². The molecule has 4 aromatic rings. The Kier molecular flexibility index (Phi) is 4.89. The first-order valence-electron chi connectivity index (χ1n) is 12.3. The Morgan fingerprint density at radius 3 is 1.47 bits per heavy atom. The second kappa shape index (κ2) is 7.91. The lowest BCUT2D eigenvalue weighted by molar-refractivity contribution is 0.434. The van der Waals surface area contributed by atoms with E-state index >= 15 is 0 Å². The van der Waals surface area contributed by atoms with Crippen LogP contribution in [0.25, 0.3) is 33.2 Å². The number of hydrogen-bond acceptors (Lipinski definition) is 4. The van der Waals surface area contributed by atoms with Crippen LogP contribution in [0.2, 0.25) is 0 Å². The number of aromatic nitrogens is 4. The lowest BCUT2D eigenvalue weighted by Crippen LogP contribution is -2.16. The first-order chi connectivity index (χ1) is 15.7. The lowest BCUT2D eigenvalue weighted by Gasteiger charge is -2.22. The van der Waals surface area contributed by atoms with E-state index in [9.17, 15) is 0 Å². The van der Waals surface area contributed by atoms with E-state index in [0.29, 0.717) is 0 Å². The number of fused-ring (bicyclic) bond motifs is 4. The zero-order chi connectivity index (χ0) is 21.7. The van der Waals surface area contributed by atoms with Crippen LogP contribution in [0.3, 0.4) is 0 Å². The van der Waals surface area contributed by atoms with Crippen LogP contribution in [0.15, 0.2) is 36.4 Å². The quantitative estimate of drug-likeness (QED) is 0.390. The zero-order valence-electron chi connectivity index (χ0n) is 19.1. The molecular weight excluding hydrogens is 392 g/mol. The number of nitrogens with zero attached hydrogens (tertiary/aromatic N) is 4. The Balaban J connectivity index is 1.37. The monoisotopic (exact) mass is 422 g/mol. The van der Waals surface area contributed by atoms with Gasteiger partial charge in [0.25, 0.3) is 0 Å². The van der Waals surface area contributed by atoms with Crippen LogP contribution in [-0.4, -0.2) is 19.9 Å². The predicted octanol–water partition coefficient (Wildman–Crippen LogP) is 6.27. The largest absolute Gasteiger partial charge is 0.249 e. The predicted molar refractivity (Wildman–Crippen MR) is 130 cm³/mol. The highest BCUT2D eigenvalue weighted by molar-refractivity contribution is 5.86. The maximum absolute atomic E-state index is 5.02. The highest BCUT2D eigenvalue weighted by Crippen LogP contribution is 2.31. The van der Waals surface area contributed by atoms with Gasteiger partial charge in [0.05, 0.1) is 44.8 Å². The van der Waals surface area contributed by atoms with E-state index in [1.807, 2.05) is 0 Å². The smallest absolute Gasteiger partial charge is 0.0896 e. The molecule has 2 aliphatic rings. The van der Waals surface area contributed by atoms with Crippen molar-refractivity contribution in [1.29, 1.82) is 0 Å².